The minimum Gasteiger partial charge on any atom is -0.497 e. The number of sulfonamides is 1. The molecule has 30 heavy (non-hydrogen) atoms. The fourth-order valence-corrected chi connectivity index (χ4v) is 4.21. The van der Waals surface area contributed by atoms with E-state index in [2.05, 4.69) is 5.32 Å². The number of hydrogen-bond donors (Lipinski definition) is 1. The summed E-state index contributed by atoms with van der Waals surface area (Å²) in [5, 5.41) is 2.99. The van der Waals surface area contributed by atoms with Crippen LogP contribution in [0, 0.1) is 5.82 Å². The van der Waals surface area contributed by atoms with Gasteiger partial charge in [0.2, 0.25) is 5.91 Å². The van der Waals surface area contributed by atoms with Gasteiger partial charge in [-0.25, -0.2) is 12.8 Å². The number of methoxy groups -OCH3 is 1. The molecule has 1 N–H and O–H groups in total. The lowest BCUT2D eigenvalue weighted by Gasteiger charge is -2.24. The minimum atomic E-state index is -4.07. The van der Waals surface area contributed by atoms with Gasteiger partial charge in [0.1, 0.15) is 18.1 Å². The van der Waals surface area contributed by atoms with Crippen LogP contribution in [0.4, 0.5) is 15.8 Å². The average molecular weight is 449 g/mol. The van der Waals surface area contributed by atoms with E-state index in [0.717, 1.165) is 4.31 Å². The topological polar surface area (TPSA) is 75.7 Å². The number of nitrogens with one attached hydrogen (secondary N) is 1. The molecule has 156 valence electrons. The Labute approximate surface area is 178 Å². The van der Waals surface area contributed by atoms with Crippen molar-refractivity contribution in [2.24, 2.45) is 0 Å². The molecular weight excluding hydrogens is 431 g/mol. The molecule has 6 nitrogen and oxygen atoms in total. The maximum atomic E-state index is 13.3. The van der Waals surface area contributed by atoms with E-state index >= 15 is 0 Å². The highest BCUT2D eigenvalue weighted by molar-refractivity contribution is 7.92. The van der Waals surface area contributed by atoms with Crippen LogP contribution >= 0.6 is 11.6 Å². The molecule has 0 saturated heterocycles. The number of benzene rings is 3. The highest BCUT2D eigenvalue weighted by Gasteiger charge is 2.27. The smallest absolute Gasteiger partial charge is 0.264 e. The molecule has 0 unspecified atom stereocenters. The molecule has 0 bridgehead atoms. The van der Waals surface area contributed by atoms with Gasteiger partial charge in [-0.2, -0.15) is 0 Å². The lowest BCUT2D eigenvalue weighted by Crippen LogP contribution is -2.38. The minimum absolute atomic E-state index is 0.00664. The van der Waals surface area contributed by atoms with Crippen LogP contribution in [-0.2, 0) is 14.8 Å². The molecule has 0 saturated carbocycles. The van der Waals surface area contributed by atoms with E-state index in [1.807, 2.05) is 0 Å². The summed E-state index contributed by atoms with van der Waals surface area (Å²) in [4.78, 5) is 12.6. The van der Waals surface area contributed by atoms with Crippen LogP contribution in [-0.4, -0.2) is 28.0 Å². The van der Waals surface area contributed by atoms with Crippen molar-refractivity contribution in [3.63, 3.8) is 0 Å². The summed E-state index contributed by atoms with van der Waals surface area (Å²) >= 11 is 5.92. The normalized spacial score (nSPS) is 11.0. The number of anilines is 2. The largest absolute Gasteiger partial charge is 0.497 e. The Balaban J connectivity index is 1.92. The lowest BCUT2D eigenvalue weighted by atomic mass is 10.3. The molecule has 3 aromatic rings. The summed E-state index contributed by atoms with van der Waals surface area (Å²) in [5.74, 6) is -0.535. The summed E-state index contributed by atoms with van der Waals surface area (Å²) in [6, 6.07) is 17.1. The van der Waals surface area contributed by atoms with Crippen molar-refractivity contribution in [1.82, 2.24) is 0 Å². The Morgan fingerprint density at radius 2 is 1.60 bits per heavy atom. The van der Waals surface area contributed by atoms with Gasteiger partial charge in [0.15, 0.2) is 0 Å². The second kappa shape index (κ2) is 9.15. The third-order valence-electron chi connectivity index (χ3n) is 4.18. The van der Waals surface area contributed by atoms with Gasteiger partial charge < -0.3 is 10.1 Å². The molecule has 0 heterocycles. The first-order valence-electron chi connectivity index (χ1n) is 8.77. The molecule has 9 heteroatoms. The first-order chi connectivity index (χ1) is 14.3. The molecule has 0 aliphatic heterocycles. The number of carbonyl (C=O) groups is 1. The monoisotopic (exact) mass is 448 g/mol. The van der Waals surface area contributed by atoms with Gasteiger partial charge >= 0.3 is 0 Å². The number of rotatable bonds is 7. The summed E-state index contributed by atoms with van der Waals surface area (Å²) in [7, 11) is -2.60. The Hall–Kier alpha value is -3.10. The predicted octanol–water partition coefficient (Wildman–Crippen LogP) is 4.32. The zero-order valence-electron chi connectivity index (χ0n) is 15.9. The second-order valence-corrected chi connectivity index (χ2v) is 8.52. The van der Waals surface area contributed by atoms with Crippen molar-refractivity contribution in [2.75, 3.05) is 23.3 Å². The Kier molecular flexibility index (Phi) is 6.59. The van der Waals surface area contributed by atoms with Crippen LogP contribution in [0.3, 0.4) is 0 Å². The fourth-order valence-electron chi connectivity index (χ4n) is 2.66. The van der Waals surface area contributed by atoms with Crippen molar-refractivity contribution in [3.8, 4) is 5.75 Å². The van der Waals surface area contributed by atoms with Gasteiger partial charge in [0, 0.05) is 10.7 Å². The van der Waals surface area contributed by atoms with Crippen LogP contribution in [0.25, 0.3) is 0 Å². The van der Waals surface area contributed by atoms with E-state index in [-0.39, 0.29) is 10.6 Å². The van der Waals surface area contributed by atoms with E-state index in [1.54, 1.807) is 0 Å². The van der Waals surface area contributed by atoms with E-state index in [0.29, 0.717) is 16.5 Å². The van der Waals surface area contributed by atoms with Gasteiger partial charge in [0.05, 0.1) is 17.7 Å². The van der Waals surface area contributed by atoms with Gasteiger partial charge in [-0.1, -0.05) is 11.6 Å². The van der Waals surface area contributed by atoms with E-state index in [9.17, 15) is 17.6 Å². The van der Waals surface area contributed by atoms with Crippen LogP contribution in [0.1, 0.15) is 0 Å². The standard InChI is InChI=1S/C21H18ClFN2O4S/c1-29-19-10-12-20(13-11-19)30(27,28)25(18-8-2-15(22)3-9-18)14-21(26)24-17-6-4-16(23)5-7-17/h2-13H,14H2,1H3,(H,24,26). The number of ether oxygens (including phenoxy) is 1. The third kappa shape index (κ3) is 5.08. The quantitative estimate of drug-likeness (QED) is 0.584. The summed E-state index contributed by atoms with van der Waals surface area (Å²) < 4.78 is 45.7. The molecule has 0 spiro atoms. The van der Waals surface area contributed by atoms with Crippen molar-refractivity contribution in [1.29, 1.82) is 0 Å². The lowest BCUT2D eigenvalue weighted by molar-refractivity contribution is -0.114. The maximum absolute atomic E-state index is 13.3. The predicted molar refractivity (Wildman–Crippen MR) is 114 cm³/mol. The first-order valence-corrected chi connectivity index (χ1v) is 10.6. The molecule has 3 aromatic carbocycles. The zero-order chi connectivity index (χ0) is 21.7. The van der Waals surface area contributed by atoms with Crippen LogP contribution in [0.2, 0.25) is 5.02 Å². The maximum Gasteiger partial charge on any atom is 0.264 e. The molecule has 0 fully saturated rings. The molecular formula is C21H18ClFN2O4S. The highest BCUT2D eigenvalue weighted by atomic mass is 35.5. The number of amides is 1. The molecule has 0 aliphatic rings. The summed E-state index contributed by atoms with van der Waals surface area (Å²) in [6.07, 6.45) is 0. The van der Waals surface area contributed by atoms with E-state index in [1.165, 1.54) is 79.9 Å². The molecule has 0 aliphatic carbocycles. The molecule has 3 rings (SSSR count). The van der Waals surface area contributed by atoms with E-state index < -0.39 is 28.3 Å². The van der Waals surface area contributed by atoms with Gasteiger partial charge in [0.25, 0.3) is 10.0 Å². The highest BCUT2D eigenvalue weighted by Crippen LogP contribution is 2.26. The number of nitrogens with zero attached hydrogens (tertiary/aromatic N) is 1. The van der Waals surface area contributed by atoms with Gasteiger partial charge in [-0.15, -0.1) is 0 Å². The van der Waals surface area contributed by atoms with Crippen LogP contribution < -0.4 is 14.4 Å². The summed E-state index contributed by atoms with van der Waals surface area (Å²) in [5.41, 5.74) is 0.615. The van der Waals surface area contributed by atoms with Gasteiger partial charge in [-0.05, 0) is 72.8 Å². The average Bonchev–Trinajstić information content (AvgIpc) is 2.74. The van der Waals surface area contributed by atoms with Crippen molar-refractivity contribution < 1.29 is 22.3 Å². The third-order valence-corrected chi connectivity index (χ3v) is 6.22. The zero-order valence-corrected chi connectivity index (χ0v) is 17.5. The second-order valence-electron chi connectivity index (χ2n) is 6.22. The number of hydrogen-bond acceptors (Lipinski definition) is 4. The number of halogens is 2. The van der Waals surface area contributed by atoms with Crippen molar-refractivity contribution >= 4 is 38.9 Å². The van der Waals surface area contributed by atoms with E-state index in [4.69, 9.17) is 16.3 Å². The molecule has 1 amide bonds. The van der Waals surface area contributed by atoms with Crippen LogP contribution in [0.15, 0.2) is 77.7 Å². The Bertz CT molecular complexity index is 1120. The molecule has 0 atom stereocenters. The number of carbonyl (C=O) groups excluding carboxylic acids is 1. The van der Waals surface area contributed by atoms with Crippen molar-refractivity contribution in [2.45, 2.75) is 4.90 Å². The molecule has 0 radical (unpaired) electrons. The Morgan fingerprint density at radius 3 is 2.17 bits per heavy atom. The van der Waals surface area contributed by atoms with Crippen LogP contribution in [0.5, 0.6) is 5.75 Å². The van der Waals surface area contributed by atoms with Crippen molar-refractivity contribution in [3.05, 3.63) is 83.6 Å². The Morgan fingerprint density at radius 1 is 1.00 bits per heavy atom. The molecule has 0 aromatic heterocycles. The SMILES string of the molecule is COc1ccc(S(=O)(=O)N(CC(=O)Nc2ccc(F)cc2)c2ccc(Cl)cc2)cc1. The van der Waals surface area contributed by atoms with Gasteiger partial charge in [-0.3, -0.25) is 9.10 Å². The summed E-state index contributed by atoms with van der Waals surface area (Å²) in [6.45, 7) is -0.493. The fraction of sp³-hybridized carbons (Fsp3) is 0.0952. The first kappa shape index (κ1) is 21.6.